The Hall–Kier alpha value is -1.66. The highest BCUT2D eigenvalue weighted by molar-refractivity contribution is 5.87. The van der Waals surface area contributed by atoms with E-state index in [-0.39, 0.29) is 5.92 Å². The number of ether oxygens (including phenoxy) is 1. The van der Waals surface area contributed by atoms with Gasteiger partial charge in [-0.3, -0.25) is 9.59 Å². The number of carbonyl (C=O) groups is 2. The molecule has 0 aromatic rings. The number of aliphatic hydroxyl groups is 2. The number of carbonyl (C=O) groups excluding carboxylic acids is 1. The van der Waals surface area contributed by atoms with Crippen LogP contribution in [-0.4, -0.2) is 44.6 Å². The van der Waals surface area contributed by atoms with E-state index in [0.717, 1.165) is 0 Å². The summed E-state index contributed by atoms with van der Waals surface area (Å²) < 4.78 is 5.85. The van der Waals surface area contributed by atoms with E-state index in [4.69, 9.17) is 4.74 Å². The van der Waals surface area contributed by atoms with Crippen LogP contribution >= 0.6 is 0 Å². The highest BCUT2D eigenvalue weighted by Gasteiger charge is 2.84. The molecular weight excluding hydrogens is 324 g/mol. The summed E-state index contributed by atoms with van der Waals surface area (Å²) in [5.74, 6) is -3.23. The van der Waals surface area contributed by atoms with E-state index in [0.29, 0.717) is 31.3 Å². The van der Waals surface area contributed by atoms with Gasteiger partial charge in [-0.25, -0.2) is 0 Å². The highest BCUT2D eigenvalue weighted by Crippen LogP contribution is 2.77. The monoisotopic (exact) mass is 346 g/mol. The van der Waals surface area contributed by atoms with Gasteiger partial charge < -0.3 is 20.1 Å². The molecule has 3 N–H and O–H groups in total. The molecule has 6 heteroatoms. The number of carboxylic acid groups (broad SMARTS) is 1. The molecule has 0 radical (unpaired) electrons. The summed E-state index contributed by atoms with van der Waals surface area (Å²) in [5.41, 5.74) is -3.37. The first-order chi connectivity index (χ1) is 11.6. The van der Waals surface area contributed by atoms with Crippen LogP contribution in [0.2, 0.25) is 0 Å². The summed E-state index contributed by atoms with van der Waals surface area (Å²) in [6, 6.07) is 0. The van der Waals surface area contributed by atoms with Crippen molar-refractivity contribution in [2.75, 3.05) is 0 Å². The zero-order chi connectivity index (χ0) is 18.0. The Kier molecular flexibility index (Phi) is 2.50. The maximum Gasteiger partial charge on any atom is 0.316 e. The Morgan fingerprint density at radius 1 is 1.44 bits per heavy atom. The molecule has 0 amide bonds. The fourth-order valence-corrected chi connectivity index (χ4v) is 7.20. The third-order valence-corrected chi connectivity index (χ3v) is 8.05. The molecule has 5 rings (SSSR count). The van der Waals surface area contributed by atoms with Gasteiger partial charge in [0.2, 0.25) is 0 Å². The maximum atomic E-state index is 12.7. The third-order valence-electron chi connectivity index (χ3n) is 8.05. The summed E-state index contributed by atoms with van der Waals surface area (Å²) in [6.45, 7) is 5.73. The zero-order valence-corrected chi connectivity index (χ0v) is 14.1. The van der Waals surface area contributed by atoms with Crippen LogP contribution in [0.5, 0.6) is 0 Å². The number of rotatable bonds is 1. The van der Waals surface area contributed by atoms with Crippen molar-refractivity contribution in [2.45, 2.75) is 49.9 Å². The number of carboxylic acids is 1. The Labute approximate surface area is 145 Å². The number of hydrogen-bond acceptors (Lipinski definition) is 5. The predicted octanol–water partition coefficient (Wildman–Crippen LogP) is 1.03. The number of aliphatic carboxylic acids is 1. The average Bonchev–Trinajstić information content (AvgIpc) is 2.95. The third kappa shape index (κ3) is 1.36. The number of hydrogen-bond donors (Lipinski definition) is 3. The van der Waals surface area contributed by atoms with Crippen LogP contribution < -0.4 is 0 Å². The van der Waals surface area contributed by atoms with Crippen LogP contribution in [0.25, 0.3) is 0 Å². The second-order valence-corrected chi connectivity index (χ2v) is 8.94. The Morgan fingerprint density at radius 2 is 2.16 bits per heavy atom. The molecule has 1 spiro atoms. The molecule has 1 saturated heterocycles. The van der Waals surface area contributed by atoms with E-state index in [2.05, 4.69) is 6.58 Å². The van der Waals surface area contributed by atoms with Crippen LogP contribution in [-0.2, 0) is 14.3 Å². The van der Waals surface area contributed by atoms with E-state index in [1.807, 2.05) is 0 Å². The molecule has 3 saturated carbocycles. The van der Waals surface area contributed by atoms with Crippen LogP contribution in [0, 0.1) is 28.6 Å². The Balaban J connectivity index is 1.79. The quantitative estimate of drug-likeness (QED) is 0.484. The van der Waals surface area contributed by atoms with E-state index >= 15 is 0 Å². The van der Waals surface area contributed by atoms with Crippen molar-refractivity contribution >= 4 is 11.9 Å². The normalized spacial score (nSPS) is 58.0. The molecule has 0 unspecified atom stereocenters. The molecule has 0 aromatic carbocycles. The lowest BCUT2D eigenvalue weighted by Crippen LogP contribution is -2.54. The van der Waals surface area contributed by atoms with Gasteiger partial charge in [0.15, 0.2) is 0 Å². The van der Waals surface area contributed by atoms with Crippen molar-refractivity contribution in [3.05, 3.63) is 24.3 Å². The molecule has 25 heavy (non-hydrogen) atoms. The fraction of sp³-hybridized carbons (Fsp3) is 0.684. The largest absolute Gasteiger partial charge is 0.481 e. The van der Waals surface area contributed by atoms with Crippen molar-refractivity contribution in [1.82, 2.24) is 0 Å². The van der Waals surface area contributed by atoms with Crippen molar-refractivity contribution in [1.29, 1.82) is 0 Å². The van der Waals surface area contributed by atoms with Crippen molar-refractivity contribution in [3.63, 3.8) is 0 Å². The van der Waals surface area contributed by atoms with E-state index in [1.54, 1.807) is 19.1 Å². The van der Waals surface area contributed by atoms with Gasteiger partial charge in [0.05, 0.1) is 16.9 Å². The minimum absolute atomic E-state index is 0.295. The van der Waals surface area contributed by atoms with Gasteiger partial charge in [-0.05, 0) is 43.6 Å². The highest BCUT2D eigenvalue weighted by atomic mass is 16.6. The number of esters is 1. The van der Waals surface area contributed by atoms with Crippen molar-refractivity contribution < 1.29 is 29.6 Å². The van der Waals surface area contributed by atoms with E-state index in [9.17, 15) is 24.9 Å². The molecule has 4 fully saturated rings. The fourth-order valence-electron chi connectivity index (χ4n) is 7.20. The van der Waals surface area contributed by atoms with E-state index in [1.165, 1.54) is 0 Å². The SMILES string of the molecule is C=C1C[C@]23C[C@@]1(O)CC[C@H]2[C@]12OC(=O)[C@](C)(C=C[C@H]1O)[C@H]2[C@@H]3C(=O)O. The molecule has 0 aromatic heterocycles. The molecule has 5 aliphatic rings. The topological polar surface area (TPSA) is 104 Å². The van der Waals surface area contributed by atoms with Gasteiger partial charge in [-0.1, -0.05) is 18.7 Å². The number of aliphatic hydroxyl groups excluding tert-OH is 1. The first-order valence-electron chi connectivity index (χ1n) is 8.86. The predicted molar refractivity (Wildman–Crippen MR) is 85.2 cm³/mol. The second kappa shape index (κ2) is 4.01. The molecule has 4 aliphatic carbocycles. The molecule has 134 valence electrons. The first-order valence-corrected chi connectivity index (χ1v) is 8.86. The van der Waals surface area contributed by atoms with Crippen molar-refractivity contribution in [2.24, 2.45) is 28.6 Å². The molecule has 8 atom stereocenters. The summed E-state index contributed by atoms with van der Waals surface area (Å²) >= 11 is 0. The molecule has 4 bridgehead atoms. The second-order valence-electron chi connectivity index (χ2n) is 8.94. The standard InChI is InChI=1S/C19H22O6/c1-9-7-17-8-18(9,24)6-3-10(17)19-11(20)4-5-16(2,15(23)25-19)13(19)12(17)14(21)22/h4-5,10-13,20,24H,1,3,6-8H2,2H3,(H,21,22)/t10-,11-,12-,13-,16-,17+,18+,19+/m1/s1. The minimum Gasteiger partial charge on any atom is -0.481 e. The Morgan fingerprint density at radius 3 is 2.84 bits per heavy atom. The zero-order valence-electron chi connectivity index (χ0n) is 14.1. The molecular formula is C19H22O6. The van der Waals surface area contributed by atoms with Gasteiger partial charge in [-0.2, -0.15) is 0 Å². The molecule has 1 heterocycles. The average molecular weight is 346 g/mol. The lowest BCUT2D eigenvalue weighted by molar-refractivity contribution is -0.172. The van der Waals surface area contributed by atoms with Crippen LogP contribution in [0.3, 0.4) is 0 Å². The minimum atomic E-state index is -1.21. The number of fused-ring (bicyclic) bond motifs is 1. The van der Waals surface area contributed by atoms with Crippen LogP contribution in [0.15, 0.2) is 24.3 Å². The summed E-state index contributed by atoms with van der Waals surface area (Å²) in [5, 5.41) is 31.9. The van der Waals surface area contributed by atoms with Gasteiger partial charge in [0.1, 0.15) is 11.7 Å². The van der Waals surface area contributed by atoms with Crippen LogP contribution in [0.4, 0.5) is 0 Å². The van der Waals surface area contributed by atoms with Crippen molar-refractivity contribution in [3.8, 4) is 0 Å². The molecule has 6 nitrogen and oxygen atoms in total. The summed E-state index contributed by atoms with van der Waals surface area (Å²) in [6.07, 6.45) is 3.89. The van der Waals surface area contributed by atoms with Gasteiger partial charge in [0, 0.05) is 11.8 Å². The smallest absolute Gasteiger partial charge is 0.316 e. The van der Waals surface area contributed by atoms with Crippen LogP contribution in [0.1, 0.15) is 32.6 Å². The lowest BCUT2D eigenvalue weighted by Gasteiger charge is -2.46. The van der Waals surface area contributed by atoms with E-state index < -0.39 is 51.9 Å². The summed E-state index contributed by atoms with van der Waals surface area (Å²) in [7, 11) is 0. The molecule has 1 aliphatic heterocycles. The lowest BCUT2D eigenvalue weighted by atomic mass is 9.62. The first kappa shape index (κ1) is 15.6. The van der Waals surface area contributed by atoms with Gasteiger partial charge in [-0.15, -0.1) is 0 Å². The van der Waals surface area contributed by atoms with Gasteiger partial charge >= 0.3 is 11.9 Å². The summed E-state index contributed by atoms with van der Waals surface area (Å²) in [4.78, 5) is 25.1. The van der Waals surface area contributed by atoms with Gasteiger partial charge in [0.25, 0.3) is 0 Å². The maximum absolute atomic E-state index is 12.7. The Bertz CT molecular complexity index is 772.